The summed E-state index contributed by atoms with van der Waals surface area (Å²) < 4.78 is 1.36. The van der Waals surface area contributed by atoms with Gasteiger partial charge in [0, 0.05) is 21.4 Å². The fourth-order valence-corrected chi connectivity index (χ4v) is 2.91. The van der Waals surface area contributed by atoms with E-state index in [2.05, 4.69) is 20.9 Å². The Morgan fingerprint density at radius 2 is 1.82 bits per heavy atom. The molecule has 0 saturated carbocycles. The summed E-state index contributed by atoms with van der Waals surface area (Å²) in [4.78, 5) is 24.8. The van der Waals surface area contributed by atoms with Crippen LogP contribution in [0, 0.1) is 13.8 Å². The van der Waals surface area contributed by atoms with Gasteiger partial charge in [-0.1, -0.05) is 40.5 Å². The maximum atomic E-state index is 12.5. The predicted octanol–water partition coefficient (Wildman–Crippen LogP) is 4.09. The maximum Gasteiger partial charge on any atom is 0.278 e. The third kappa shape index (κ3) is 4.49. The molecule has 0 unspecified atom stereocenters. The number of nitrogens with one attached hydrogen (secondary N) is 2. The van der Waals surface area contributed by atoms with Gasteiger partial charge in [-0.3, -0.25) is 9.59 Å². The standard InChI is InChI=1S/C19H17Cl2N5O2/c1-11-15(21)7-4-8-16(11)23-19(28)18-12(2)26(25-24-18)10-17(27)22-14-6-3-5-13(20)9-14/h3-9H,10H2,1-2H3,(H,22,27)(H,23,28). The van der Waals surface area contributed by atoms with E-state index < -0.39 is 5.91 Å². The largest absolute Gasteiger partial charge is 0.324 e. The minimum atomic E-state index is -0.427. The van der Waals surface area contributed by atoms with E-state index in [1.165, 1.54) is 4.68 Å². The summed E-state index contributed by atoms with van der Waals surface area (Å²) in [7, 11) is 0. The number of nitrogens with zero attached hydrogens (tertiary/aromatic N) is 3. The molecule has 7 nitrogen and oxygen atoms in total. The van der Waals surface area contributed by atoms with Crippen molar-refractivity contribution in [3.63, 3.8) is 0 Å². The molecule has 0 aliphatic rings. The van der Waals surface area contributed by atoms with Crippen molar-refractivity contribution in [3.8, 4) is 0 Å². The Hall–Kier alpha value is -2.90. The minimum absolute atomic E-state index is 0.0885. The van der Waals surface area contributed by atoms with Crippen molar-refractivity contribution in [2.24, 2.45) is 0 Å². The summed E-state index contributed by atoms with van der Waals surface area (Å²) in [6.07, 6.45) is 0. The highest BCUT2D eigenvalue weighted by molar-refractivity contribution is 6.32. The Labute approximate surface area is 171 Å². The number of rotatable bonds is 5. The van der Waals surface area contributed by atoms with Crippen molar-refractivity contribution >= 4 is 46.4 Å². The summed E-state index contributed by atoms with van der Waals surface area (Å²) in [5, 5.41) is 14.4. The minimum Gasteiger partial charge on any atom is -0.324 e. The van der Waals surface area contributed by atoms with Crippen LogP contribution < -0.4 is 10.6 Å². The van der Waals surface area contributed by atoms with E-state index in [0.29, 0.717) is 27.1 Å². The lowest BCUT2D eigenvalue weighted by Gasteiger charge is -2.09. The lowest BCUT2D eigenvalue weighted by atomic mass is 10.2. The Morgan fingerprint density at radius 1 is 1.07 bits per heavy atom. The summed E-state index contributed by atoms with van der Waals surface area (Å²) >= 11 is 12.0. The molecule has 3 aromatic rings. The maximum absolute atomic E-state index is 12.5. The number of carbonyl (C=O) groups is 2. The molecule has 28 heavy (non-hydrogen) atoms. The molecule has 3 rings (SSSR count). The molecule has 2 amide bonds. The third-order valence-electron chi connectivity index (χ3n) is 4.12. The van der Waals surface area contributed by atoms with Crippen LogP contribution in [0.25, 0.3) is 0 Å². The first kappa shape index (κ1) is 19.9. The predicted molar refractivity (Wildman–Crippen MR) is 109 cm³/mol. The highest BCUT2D eigenvalue weighted by atomic mass is 35.5. The molecular weight excluding hydrogens is 401 g/mol. The van der Waals surface area contributed by atoms with Crippen molar-refractivity contribution in [2.75, 3.05) is 10.6 Å². The number of hydrogen-bond acceptors (Lipinski definition) is 4. The fourth-order valence-electron chi connectivity index (χ4n) is 2.55. The highest BCUT2D eigenvalue weighted by Crippen LogP contribution is 2.23. The number of benzene rings is 2. The molecular formula is C19H17Cl2N5O2. The zero-order valence-corrected chi connectivity index (χ0v) is 16.7. The zero-order valence-electron chi connectivity index (χ0n) is 15.2. The topological polar surface area (TPSA) is 88.9 Å². The van der Waals surface area contributed by atoms with E-state index in [9.17, 15) is 9.59 Å². The zero-order chi connectivity index (χ0) is 20.3. The number of halogens is 2. The van der Waals surface area contributed by atoms with Gasteiger partial charge < -0.3 is 10.6 Å². The Bertz CT molecular complexity index is 1050. The molecule has 0 radical (unpaired) electrons. The lowest BCUT2D eigenvalue weighted by Crippen LogP contribution is -2.21. The van der Waals surface area contributed by atoms with Crippen LogP contribution in [0.15, 0.2) is 42.5 Å². The number of anilines is 2. The molecule has 1 aromatic heterocycles. The van der Waals surface area contributed by atoms with E-state index >= 15 is 0 Å². The second-order valence-electron chi connectivity index (χ2n) is 6.11. The van der Waals surface area contributed by atoms with Gasteiger partial charge >= 0.3 is 0 Å². The van der Waals surface area contributed by atoms with Crippen LogP contribution in [-0.2, 0) is 11.3 Å². The van der Waals surface area contributed by atoms with Gasteiger partial charge in [0.2, 0.25) is 5.91 Å². The number of amides is 2. The molecule has 0 saturated heterocycles. The third-order valence-corrected chi connectivity index (χ3v) is 4.76. The quantitative estimate of drug-likeness (QED) is 0.653. The van der Waals surface area contributed by atoms with Crippen LogP contribution in [0.4, 0.5) is 11.4 Å². The van der Waals surface area contributed by atoms with Gasteiger partial charge in [-0.15, -0.1) is 5.10 Å². The smallest absolute Gasteiger partial charge is 0.278 e. The normalized spacial score (nSPS) is 10.6. The van der Waals surface area contributed by atoms with E-state index in [0.717, 1.165) is 5.56 Å². The van der Waals surface area contributed by atoms with Gasteiger partial charge in [-0.05, 0) is 49.7 Å². The van der Waals surface area contributed by atoms with Crippen molar-refractivity contribution in [1.82, 2.24) is 15.0 Å². The fraction of sp³-hybridized carbons (Fsp3) is 0.158. The summed E-state index contributed by atoms with van der Waals surface area (Å²) in [6.45, 7) is 3.39. The Kier molecular flexibility index (Phi) is 5.96. The van der Waals surface area contributed by atoms with Gasteiger partial charge in [0.15, 0.2) is 5.69 Å². The molecule has 0 fully saturated rings. The lowest BCUT2D eigenvalue weighted by molar-refractivity contribution is -0.117. The first-order valence-electron chi connectivity index (χ1n) is 8.37. The van der Waals surface area contributed by atoms with Crippen LogP contribution in [-0.4, -0.2) is 26.8 Å². The van der Waals surface area contributed by atoms with Crippen molar-refractivity contribution in [1.29, 1.82) is 0 Å². The van der Waals surface area contributed by atoms with Crippen LogP contribution in [0.3, 0.4) is 0 Å². The monoisotopic (exact) mass is 417 g/mol. The Morgan fingerprint density at radius 3 is 2.57 bits per heavy atom. The average Bonchev–Trinajstić information content (AvgIpc) is 2.99. The van der Waals surface area contributed by atoms with Crippen LogP contribution in [0.5, 0.6) is 0 Å². The van der Waals surface area contributed by atoms with E-state index in [1.807, 2.05) is 6.92 Å². The molecule has 144 valence electrons. The molecule has 1 heterocycles. The van der Waals surface area contributed by atoms with Gasteiger partial charge in [0.05, 0.1) is 5.69 Å². The molecule has 0 aliphatic heterocycles. The molecule has 2 N–H and O–H groups in total. The van der Waals surface area contributed by atoms with Gasteiger partial charge in [0.25, 0.3) is 5.91 Å². The number of carbonyl (C=O) groups excluding carboxylic acids is 2. The van der Waals surface area contributed by atoms with Gasteiger partial charge in [-0.2, -0.15) is 0 Å². The van der Waals surface area contributed by atoms with Crippen molar-refractivity contribution in [2.45, 2.75) is 20.4 Å². The van der Waals surface area contributed by atoms with Crippen LogP contribution in [0.1, 0.15) is 21.7 Å². The van der Waals surface area contributed by atoms with E-state index in [-0.39, 0.29) is 18.1 Å². The number of aromatic nitrogens is 3. The molecule has 2 aromatic carbocycles. The molecule has 9 heteroatoms. The van der Waals surface area contributed by atoms with E-state index in [4.69, 9.17) is 23.2 Å². The molecule has 0 aliphatic carbocycles. The number of hydrogen-bond donors (Lipinski definition) is 2. The average molecular weight is 418 g/mol. The van der Waals surface area contributed by atoms with E-state index in [1.54, 1.807) is 49.4 Å². The molecule has 0 bridgehead atoms. The second kappa shape index (κ2) is 8.41. The summed E-state index contributed by atoms with van der Waals surface area (Å²) in [6, 6.07) is 12.0. The summed E-state index contributed by atoms with van der Waals surface area (Å²) in [5.41, 5.74) is 2.52. The van der Waals surface area contributed by atoms with Crippen LogP contribution in [0.2, 0.25) is 10.0 Å². The molecule has 0 atom stereocenters. The van der Waals surface area contributed by atoms with Crippen LogP contribution >= 0.6 is 23.2 Å². The summed E-state index contributed by atoms with van der Waals surface area (Å²) in [5.74, 6) is -0.739. The first-order valence-corrected chi connectivity index (χ1v) is 9.12. The second-order valence-corrected chi connectivity index (χ2v) is 6.95. The van der Waals surface area contributed by atoms with Crippen molar-refractivity contribution in [3.05, 3.63) is 69.5 Å². The Balaban J connectivity index is 1.70. The van der Waals surface area contributed by atoms with Gasteiger partial charge in [0.1, 0.15) is 6.54 Å². The SMILES string of the molecule is Cc1c(Cl)cccc1NC(=O)c1nnn(CC(=O)Nc2cccc(Cl)c2)c1C. The first-order chi connectivity index (χ1) is 13.3. The highest BCUT2D eigenvalue weighted by Gasteiger charge is 2.19. The van der Waals surface area contributed by atoms with Gasteiger partial charge in [-0.25, -0.2) is 4.68 Å². The molecule has 0 spiro atoms. The van der Waals surface area contributed by atoms with Crippen molar-refractivity contribution < 1.29 is 9.59 Å².